The van der Waals surface area contributed by atoms with Crippen molar-refractivity contribution in [1.29, 1.82) is 0 Å². The van der Waals surface area contributed by atoms with Gasteiger partial charge in [-0.3, -0.25) is 9.59 Å². The number of amides is 2. The summed E-state index contributed by atoms with van der Waals surface area (Å²) in [5.74, 6) is -0.295. The molecule has 1 saturated heterocycles. The molecular formula is C24H28N2O3. The van der Waals surface area contributed by atoms with Gasteiger partial charge in [0.25, 0.3) is 5.91 Å². The van der Waals surface area contributed by atoms with Gasteiger partial charge in [0.15, 0.2) is 0 Å². The summed E-state index contributed by atoms with van der Waals surface area (Å²) in [7, 11) is 1.67. The molecule has 5 heteroatoms. The van der Waals surface area contributed by atoms with Gasteiger partial charge in [-0.2, -0.15) is 0 Å². The predicted octanol–water partition coefficient (Wildman–Crippen LogP) is 3.36. The van der Waals surface area contributed by atoms with E-state index in [0.717, 1.165) is 12.0 Å². The van der Waals surface area contributed by atoms with E-state index in [1.165, 1.54) is 16.7 Å². The van der Waals surface area contributed by atoms with Gasteiger partial charge in [-0.15, -0.1) is 0 Å². The van der Waals surface area contributed by atoms with Crippen molar-refractivity contribution in [3.8, 4) is 11.1 Å². The SMILES string of the molecule is CO[C@@H]1CC(C)N(C(=O)CNC(=O)c2ccc3c(c2)-c2ccccc2C3(C)C)C1. The van der Waals surface area contributed by atoms with Crippen LogP contribution in [0.2, 0.25) is 0 Å². The molecule has 1 aliphatic heterocycles. The van der Waals surface area contributed by atoms with Crippen LogP contribution < -0.4 is 5.32 Å². The maximum Gasteiger partial charge on any atom is 0.251 e. The first-order valence-corrected chi connectivity index (χ1v) is 10.2. The quantitative estimate of drug-likeness (QED) is 0.868. The third-order valence-electron chi connectivity index (χ3n) is 6.44. The van der Waals surface area contributed by atoms with Crippen molar-refractivity contribution in [3.05, 3.63) is 59.2 Å². The van der Waals surface area contributed by atoms with E-state index in [9.17, 15) is 9.59 Å². The average Bonchev–Trinajstić information content (AvgIpc) is 3.21. The fourth-order valence-corrected chi connectivity index (χ4v) is 4.72. The van der Waals surface area contributed by atoms with Gasteiger partial charge in [0.1, 0.15) is 0 Å². The number of carbonyl (C=O) groups excluding carboxylic acids is 2. The van der Waals surface area contributed by atoms with Crippen molar-refractivity contribution in [2.75, 3.05) is 20.2 Å². The number of nitrogens with zero attached hydrogens (tertiary/aromatic N) is 1. The third kappa shape index (κ3) is 3.33. The minimum Gasteiger partial charge on any atom is -0.380 e. The standard InChI is InChI=1S/C24H28N2O3/c1-15-11-17(29-4)14-26(15)22(27)13-25-23(28)16-9-10-21-19(12-16)18-7-5-6-8-20(18)24(21,2)3/h5-10,12,15,17H,11,13-14H2,1-4H3,(H,25,28)/t15?,17-/m1/s1. The molecule has 2 aliphatic rings. The van der Waals surface area contributed by atoms with Crippen molar-refractivity contribution in [2.24, 2.45) is 0 Å². The van der Waals surface area contributed by atoms with Gasteiger partial charge in [0.2, 0.25) is 5.91 Å². The Kier molecular flexibility index (Phi) is 4.95. The number of ether oxygens (including phenoxy) is 1. The van der Waals surface area contributed by atoms with E-state index in [0.29, 0.717) is 12.1 Å². The van der Waals surface area contributed by atoms with Crippen molar-refractivity contribution >= 4 is 11.8 Å². The number of nitrogens with one attached hydrogen (secondary N) is 1. The average molecular weight is 392 g/mol. The highest BCUT2D eigenvalue weighted by Crippen LogP contribution is 2.48. The van der Waals surface area contributed by atoms with Crippen LogP contribution in [0.3, 0.4) is 0 Å². The van der Waals surface area contributed by atoms with E-state index >= 15 is 0 Å². The molecule has 1 aliphatic carbocycles. The lowest BCUT2D eigenvalue weighted by molar-refractivity contribution is -0.131. The van der Waals surface area contributed by atoms with Crippen LogP contribution in [-0.4, -0.2) is 49.1 Å². The number of methoxy groups -OCH3 is 1. The fraction of sp³-hybridized carbons (Fsp3) is 0.417. The summed E-state index contributed by atoms with van der Waals surface area (Å²) in [6.45, 7) is 7.01. The van der Waals surface area contributed by atoms with Gasteiger partial charge in [-0.05, 0) is 47.7 Å². The van der Waals surface area contributed by atoms with Gasteiger partial charge in [0.05, 0.1) is 12.6 Å². The maximum atomic E-state index is 12.7. The smallest absolute Gasteiger partial charge is 0.251 e. The molecule has 1 fully saturated rings. The van der Waals surface area contributed by atoms with Crippen molar-refractivity contribution in [1.82, 2.24) is 10.2 Å². The van der Waals surface area contributed by atoms with Crippen molar-refractivity contribution in [3.63, 3.8) is 0 Å². The lowest BCUT2D eigenvalue weighted by Gasteiger charge is -2.22. The van der Waals surface area contributed by atoms with Crippen LogP contribution in [0.15, 0.2) is 42.5 Å². The molecule has 1 heterocycles. The number of benzene rings is 2. The Morgan fingerprint density at radius 3 is 2.59 bits per heavy atom. The molecule has 29 heavy (non-hydrogen) atoms. The summed E-state index contributed by atoms with van der Waals surface area (Å²) >= 11 is 0. The first-order valence-electron chi connectivity index (χ1n) is 10.2. The van der Waals surface area contributed by atoms with Crippen LogP contribution in [0.4, 0.5) is 0 Å². The summed E-state index contributed by atoms with van der Waals surface area (Å²) in [5, 5.41) is 2.79. The number of hydrogen-bond donors (Lipinski definition) is 1. The zero-order chi connectivity index (χ0) is 20.8. The van der Waals surface area contributed by atoms with Crippen LogP contribution in [-0.2, 0) is 14.9 Å². The molecular weight excluding hydrogens is 364 g/mol. The molecule has 2 atom stereocenters. The zero-order valence-corrected chi connectivity index (χ0v) is 17.5. The van der Waals surface area contributed by atoms with Crippen LogP contribution in [0.25, 0.3) is 11.1 Å². The Labute approximate surface area is 172 Å². The molecule has 0 bridgehead atoms. The molecule has 2 amide bonds. The summed E-state index contributed by atoms with van der Waals surface area (Å²) in [6.07, 6.45) is 0.903. The summed E-state index contributed by atoms with van der Waals surface area (Å²) < 4.78 is 5.36. The molecule has 5 nitrogen and oxygen atoms in total. The van der Waals surface area contributed by atoms with Gasteiger partial charge in [-0.25, -0.2) is 0 Å². The van der Waals surface area contributed by atoms with Gasteiger partial charge in [-0.1, -0.05) is 44.2 Å². The van der Waals surface area contributed by atoms with Gasteiger partial charge in [0, 0.05) is 30.7 Å². The highest BCUT2D eigenvalue weighted by molar-refractivity contribution is 5.98. The highest BCUT2D eigenvalue weighted by atomic mass is 16.5. The Hall–Kier alpha value is -2.66. The predicted molar refractivity (Wildman–Crippen MR) is 113 cm³/mol. The van der Waals surface area contributed by atoms with Crippen LogP contribution in [0, 0.1) is 0 Å². The summed E-state index contributed by atoms with van der Waals surface area (Å²) in [5.41, 5.74) is 5.27. The molecule has 0 saturated carbocycles. The van der Waals surface area contributed by atoms with E-state index in [1.54, 1.807) is 12.0 Å². The first kappa shape index (κ1) is 19.6. The molecule has 4 rings (SSSR count). The fourth-order valence-electron chi connectivity index (χ4n) is 4.72. The summed E-state index contributed by atoms with van der Waals surface area (Å²) in [4.78, 5) is 27.1. The number of rotatable bonds is 4. The van der Waals surface area contributed by atoms with Crippen LogP contribution >= 0.6 is 0 Å². The number of likely N-dealkylation sites (tertiary alicyclic amines) is 1. The molecule has 2 aromatic carbocycles. The number of fused-ring (bicyclic) bond motifs is 3. The highest BCUT2D eigenvalue weighted by Gasteiger charge is 2.35. The summed E-state index contributed by atoms with van der Waals surface area (Å²) in [6, 6.07) is 14.3. The second kappa shape index (κ2) is 7.30. The Morgan fingerprint density at radius 1 is 1.14 bits per heavy atom. The normalized spacial score (nSPS) is 21.6. The minimum atomic E-state index is -0.224. The Balaban J connectivity index is 1.48. The van der Waals surface area contributed by atoms with Crippen molar-refractivity contribution in [2.45, 2.75) is 44.8 Å². The molecule has 1 N–H and O–H groups in total. The zero-order valence-electron chi connectivity index (χ0n) is 17.5. The largest absolute Gasteiger partial charge is 0.380 e. The second-order valence-electron chi connectivity index (χ2n) is 8.60. The minimum absolute atomic E-state index is 0.00122. The molecule has 0 radical (unpaired) electrons. The number of hydrogen-bond acceptors (Lipinski definition) is 3. The first-order chi connectivity index (χ1) is 13.8. The van der Waals surface area contributed by atoms with E-state index in [2.05, 4.69) is 37.4 Å². The van der Waals surface area contributed by atoms with E-state index in [1.807, 2.05) is 31.2 Å². The van der Waals surface area contributed by atoms with E-state index in [-0.39, 0.29) is 35.9 Å². The van der Waals surface area contributed by atoms with Gasteiger partial charge < -0.3 is 15.0 Å². The molecule has 0 aromatic heterocycles. The third-order valence-corrected chi connectivity index (χ3v) is 6.44. The van der Waals surface area contributed by atoms with Crippen LogP contribution in [0.5, 0.6) is 0 Å². The van der Waals surface area contributed by atoms with Crippen LogP contribution in [0.1, 0.15) is 48.7 Å². The molecule has 1 unspecified atom stereocenters. The number of carbonyl (C=O) groups is 2. The van der Waals surface area contributed by atoms with Gasteiger partial charge >= 0.3 is 0 Å². The van der Waals surface area contributed by atoms with E-state index in [4.69, 9.17) is 4.74 Å². The monoisotopic (exact) mass is 392 g/mol. The molecule has 2 aromatic rings. The lowest BCUT2D eigenvalue weighted by Crippen LogP contribution is -2.42. The molecule has 0 spiro atoms. The Bertz CT molecular complexity index is 966. The lowest BCUT2D eigenvalue weighted by atomic mass is 9.82. The topological polar surface area (TPSA) is 58.6 Å². The Morgan fingerprint density at radius 2 is 1.86 bits per heavy atom. The van der Waals surface area contributed by atoms with E-state index < -0.39 is 0 Å². The maximum absolute atomic E-state index is 12.7. The second-order valence-corrected chi connectivity index (χ2v) is 8.60. The molecule has 152 valence electrons. The van der Waals surface area contributed by atoms with Crippen molar-refractivity contribution < 1.29 is 14.3 Å².